The second-order valence-electron chi connectivity index (χ2n) is 9.92. The van der Waals surface area contributed by atoms with Gasteiger partial charge in [0.15, 0.2) is 0 Å². The summed E-state index contributed by atoms with van der Waals surface area (Å²) in [5.74, 6) is 0.858. The van der Waals surface area contributed by atoms with Crippen LogP contribution in [0, 0.1) is 11.8 Å². The fourth-order valence-electron chi connectivity index (χ4n) is 4.91. The van der Waals surface area contributed by atoms with Gasteiger partial charge in [0.05, 0.1) is 6.61 Å². The van der Waals surface area contributed by atoms with Gasteiger partial charge in [-0.2, -0.15) is 4.31 Å². The SMILES string of the molecule is C[C@@H]1CN([C@H](C)CO)S(=O)(=O)c2ccc(-c3cccnc3)cc2O[C@@H]1CN(C)CC1CCOCC1. The highest BCUT2D eigenvalue weighted by molar-refractivity contribution is 7.89. The molecule has 3 atom stereocenters. The van der Waals surface area contributed by atoms with E-state index in [-0.39, 0.29) is 30.1 Å². The number of benzene rings is 1. The zero-order valence-corrected chi connectivity index (χ0v) is 21.7. The summed E-state index contributed by atoms with van der Waals surface area (Å²) in [7, 11) is -1.76. The number of hydrogen-bond acceptors (Lipinski definition) is 7. The van der Waals surface area contributed by atoms with Gasteiger partial charge in [-0.25, -0.2) is 8.42 Å². The average molecular weight is 504 g/mol. The van der Waals surface area contributed by atoms with Crippen LogP contribution in [-0.2, 0) is 14.8 Å². The first-order valence-electron chi connectivity index (χ1n) is 12.4. The number of ether oxygens (including phenoxy) is 2. The maximum atomic E-state index is 13.7. The first kappa shape index (κ1) is 26.0. The van der Waals surface area contributed by atoms with Gasteiger partial charge in [0, 0.05) is 62.8 Å². The van der Waals surface area contributed by atoms with E-state index >= 15 is 0 Å². The van der Waals surface area contributed by atoms with Crippen molar-refractivity contribution >= 4 is 10.0 Å². The number of sulfonamides is 1. The van der Waals surface area contributed by atoms with Crippen molar-refractivity contribution in [2.24, 2.45) is 11.8 Å². The Bertz CT molecular complexity index is 1080. The van der Waals surface area contributed by atoms with Gasteiger partial charge in [0.2, 0.25) is 10.0 Å². The third kappa shape index (κ3) is 6.03. The van der Waals surface area contributed by atoms with Gasteiger partial charge in [0.1, 0.15) is 16.7 Å². The summed E-state index contributed by atoms with van der Waals surface area (Å²) in [6.07, 6.45) is 5.36. The highest BCUT2D eigenvalue weighted by Crippen LogP contribution is 2.36. The number of pyridine rings is 1. The predicted octanol–water partition coefficient (Wildman–Crippen LogP) is 2.88. The Labute approximate surface area is 208 Å². The zero-order valence-electron chi connectivity index (χ0n) is 20.8. The summed E-state index contributed by atoms with van der Waals surface area (Å²) >= 11 is 0. The quantitative estimate of drug-likeness (QED) is 0.621. The molecule has 1 aromatic heterocycles. The highest BCUT2D eigenvalue weighted by atomic mass is 32.2. The van der Waals surface area contributed by atoms with E-state index in [1.165, 1.54) is 4.31 Å². The molecular formula is C26H37N3O5S. The molecule has 1 aromatic carbocycles. The van der Waals surface area contributed by atoms with Crippen LogP contribution in [0.1, 0.15) is 26.7 Å². The predicted molar refractivity (Wildman–Crippen MR) is 135 cm³/mol. The number of aromatic nitrogens is 1. The zero-order chi connectivity index (χ0) is 25.0. The maximum absolute atomic E-state index is 13.7. The van der Waals surface area contributed by atoms with E-state index in [0.29, 0.717) is 18.2 Å². The van der Waals surface area contributed by atoms with Crippen LogP contribution < -0.4 is 4.74 Å². The Balaban J connectivity index is 1.67. The topological polar surface area (TPSA) is 92.2 Å². The summed E-state index contributed by atoms with van der Waals surface area (Å²) in [5.41, 5.74) is 1.73. The Hall–Kier alpha value is -2.04. The first-order valence-corrected chi connectivity index (χ1v) is 13.8. The van der Waals surface area contributed by atoms with Crippen LogP contribution in [0.25, 0.3) is 11.1 Å². The lowest BCUT2D eigenvalue weighted by atomic mass is 9.98. The molecule has 1 N–H and O–H groups in total. The molecule has 0 amide bonds. The highest BCUT2D eigenvalue weighted by Gasteiger charge is 2.38. The van der Waals surface area contributed by atoms with Crippen LogP contribution in [0.4, 0.5) is 0 Å². The minimum Gasteiger partial charge on any atom is -0.487 e. The number of aliphatic hydroxyl groups excluding tert-OH is 1. The minimum absolute atomic E-state index is 0.0777. The standard InChI is InChI=1S/C26H37N3O5S/c1-19-15-29(20(2)18-30)35(31,32)26-7-6-22(23-5-4-10-27-14-23)13-24(26)34-25(19)17-28(3)16-21-8-11-33-12-9-21/h4-7,10,13-14,19-21,25,30H,8-9,11-12,15-18H2,1-3H3/t19-,20-,25-/m1/s1. The molecule has 2 aliphatic heterocycles. The second kappa shape index (κ2) is 11.3. The summed E-state index contributed by atoms with van der Waals surface area (Å²) in [5, 5.41) is 9.84. The summed E-state index contributed by atoms with van der Waals surface area (Å²) in [6.45, 7) is 7.05. The largest absolute Gasteiger partial charge is 0.487 e. The molecule has 0 spiro atoms. The van der Waals surface area contributed by atoms with E-state index in [0.717, 1.165) is 43.7 Å². The maximum Gasteiger partial charge on any atom is 0.247 e. The third-order valence-electron chi connectivity index (χ3n) is 7.06. The van der Waals surface area contributed by atoms with Crippen molar-refractivity contribution in [2.75, 3.05) is 46.5 Å². The lowest BCUT2D eigenvalue weighted by Crippen LogP contribution is -2.50. The fourth-order valence-corrected chi connectivity index (χ4v) is 6.73. The van der Waals surface area contributed by atoms with Gasteiger partial charge < -0.3 is 19.5 Å². The molecule has 0 unspecified atom stereocenters. The van der Waals surface area contributed by atoms with E-state index in [4.69, 9.17) is 9.47 Å². The van der Waals surface area contributed by atoms with E-state index in [1.807, 2.05) is 19.1 Å². The molecule has 1 saturated heterocycles. The van der Waals surface area contributed by atoms with Gasteiger partial charge in [-0.3, -0.25) is 4.98 Å². The minimum atomic E-state index is -3.86. The smallest absolute Gasteiger partial charge is 0.247 e. The summed E-state index contributed by atoms with van der Waals surface area (Å²) in [6, 6.07) is 8.46. The number of aliphatic hydroxyl groups is 1. The van der Waals surface area contributed by atoms with Crippen molar-refractivity contribution in [1.29, 1.82) is 0 Å². The van der Waals surface area contributed by atoms with Crippen molar-refractivity contribution in [1.82, 2.24) is 14.2 Å². The molecular weight excluding hydrogens is 466 g/mol. The van der Waals surface area contributed by atoms with Gasteiger partial charge in [-0.05, 0) is 56.5 Å². The van der Waals surface area contributed by atoms with Crippen molar-refractivity contribution in [2.45, 2.75) is 43.7 Å². The number of hydrogen-bond donors (Lipinski definition) is 1. The van der Waals surface area contributed by atoms with E-state index < -0.39 is 16.1 Å². The van der Waals surface area contributed by atoms with Crippen LogP contribution in [0.15, 0.2) is 47.6 Å². The van der Waals surface area contributed by atoms with Crippen molar-refractivity contribution in [3.8, 4) is 16.9 Å². The Kier molecular flexibility index (Phi) is 8.44. The van der Waals surface area contributed by atoms with E-state index in [2.05, 4.69) is 16.9 Å². The number of fused-ring (bicyclic) bond motifs is 1. The molecule has 2 aromatic rings. The average Bonchev–Trinajstić information content (AvgIpc) is 2.86. The molecule has 2 aliphatic rings. The lowest BCUT2D eigenvalue weighted by Gasteiger charge is -2.38. The van der Waals surface area contributed by atoms with Crippen molar-refractivity contribution in [3.05, 3.63) is 42.7 Å². The Morgan fingerprint density at radius 3 is 2.66 bits per heavy atom. The fraction of sp³-hybridized carbons (Fsp3) is 0.577. The van der Waals surface area contributed by atoms with Crippen molar-refractivity contribution in [3.63, 3.8) is 0 Å². The second-order valence-corrected chi connectivity index (χ2v) is 11.8. The van der Waals surface area contributed by atoms with Gasteiger partial charge >= 0.3 is 0 Å². The molecule has 3 heterocycles. The van der Waals surface area contributed by atoms with Crippen LogP contribution in [0.2, 0.25) is 0 Å². The normalized spacial score (nSPS) is 24.3. The summed E-state index contributed by atoms with van der Waals surface area (Å²) in [4.78, 5) is 6.62. The molecule has 8 nitrogen and oxygen atoms in total. The van der Waals surface area contributed by atoms with Crippen LogP contribution in [0.5, 0.6) is 5.75 Å². The monoisotopic (exact) mass is 503 g/mol. The number of nitrogens with zero attached hydrogens (tertiary/aromatic N) is 3. The van der Waals surface area contributed by atoms with Gasteiger partial charge in [0.25, 0.3) is 0 Å². The lowest BCUT2D eigenvalue weighted by molar-refractivity contribution is 0.0402. The molecule has 35 heavy (non-hydrogen) atoms. The van der Waals surface area contributed by atoms with Gasteiger partial charge in [-0.1, -0.05) is 19.1 Å². The van der Waals surface area contributed by atoms with E-state index in [9.17, 15) is 13.5 Å². The summed E-state index contributed by atoms with van der Waals surface area (Å²) < 4.78 is 40.8. The number of rotatable bonds is 7. The van der Waals surface area contributed by atoms with Crippen molar-refractivity contribution < 1.29 is 23.0 Å². The molecule has 1 fully saturated rings. The Morgan fingerprint density at radius 1 is 1.20 bits per heavy atom. The Morgan fingerprint density at radius 2 is 1.97 bits per heavy atom. The van der Waals surface area contributed by atoms with Crippen LogP contribution in [-0.4, -0.2) is 86.4 Å². The van der Waals surface area contributed by atoms with Crippen LogP contribution >= 0.6 is 0 Å². The van der Waals surface area contributed by atoms with Gasteiger partial charge in [-0.15, -0.1) is 0 Å². The molecule has 9 heteroatoms. The molecule has 192 valence electrons. The third-order valence-corrected chi connectivity index (χ3v) is 9.08. The molecule has 0 aliphatic carbocycles. The first-order chi connectivity index (χ1) is 16.8. The molecule has 0 radical (unpaired) electrons. The molecule has 0 bridgehead atoms. The molecule has 0 saturated carbocycles. The van der Waals surface area contributed by atoms with Crippen LogP contribution in [0.3, 0.4) is 0 Å². The molecule has 4 rings (SSSR count). The van der Waals surface area contributed by atoms with E-state index in [1.54, 1.807) is 37.5 Å². The number of likely N-dealkylation sites (N-methyl/N-ethyl adjacent to an activating group) is 1.